The van der Waals surface area contributed by atoms with Gasteiger partial charge in [0, 0.05) is 17.2 Å². The van der Waals surface area contributed by atoms with Crippen molar-refractivity contribution in [3.63, 3.8) is 0 Å². The van der Waals surface area contributed by atoms with Crippen molar-refractivity contribution in [3.8, 4) is 11.3 Å². The van der Waals surface area contributed by atoms with Crippen LogP contribution in [0.5, 0.6) is 0 Å². The Bertz CT molecular complexity index is 1210. The number of esters is 1. The summed E-state index contributed by atoms with van der Waals surface area (Å²) >= 11 is 0. The number of furan rings is 1. The molecule has 156 valence electrons. The summed E-state index contributed by atoms with van der Waals surface area (Å²) in [5.74, 6) is -0.908. The molecule has 0 spiro atoms. The van der Waals surface area contributed by atoms with E-state index in [-0.39, 0.29) is 17.8 Å². The largest absolute Gasteiger partial charge is 0.465 e. The van der Waals surface area contributed by atoms with Crippen molar-refractivity contribution < 1.29 is 27.9 Å². The van der Waals surface area contributed by atoms with Gasteiger partial charge in [-0.15, -0.1) is 0 Å². The summed E-state index contributed by atoms with van der Waals surface area (Å²) < 4.78 is 24.4. The van der Waals surface area contributed by atoms with Gasteiger partial charge in [-0.1, -0.05) is 36.4 Å². The zero-order valence-electron chi connectivity index (χ0n) is 16.4. The molecular formula is C23H17FN2O5. The number of methoxy groups -OCH3 is 1. The molecular weight excluding hydrogens is 403 g/mol. The van der Waals surface area contributed by atoms with E-state index in [0.717, 1.165) is 4.90 Å². The van der Waals surface area contributed by atoms with E-state index in [2.05, 4.69) is 5.32 Å². The van der Waals surface area contributed by atoms with Crippen LogP contribution in [0.4, 0.5) is 9.18 Å². The van der Waals surface area contributed by atoms with Gasteiger partial charge in [0.05, 0.1) is 19.2 Å². The topological polar surface area (TPSA) is 88.9 Å². The summed E-state index contributed by atoms with van der Waals surface area (Å²) in [5, 5.41) is 2.47. The maximum absolute atomic E-state index is 13.9. The lowest BCUT2D eigenvalue weighted by atomic mass is 10.1. The van der Waals surface area contributed by atoms with Crippen LogP contribution in [0.3, 0.4) is 0 Å². The van der Waals surface area contributed by atoms with Crippen LogP contribution in [-0.4, -0.2) is 29.9 Å². The normalized spacial score (nSPS) is 14.8. The number of imide groups is 1. The molecule has 2 heterocycles. The minimum atomic E-state index is -0.651. The van der Waals surface area contributed by atoms with Crippen molar-refractivity contribution in [1.29, 1.82) is 0 Å². The molecule has 0 aliphatic carbocycles. The first kappa shape index (κ1) is 20.1. The minimum Gasteiger partial charge on any atom is -0.465 e. The average Bonchev–Trinajstić information content (AvgIpc) is 3.35. The number of rotatable bonds is 5. The number of ether oxygens (including phenoxy) is 1. The lowest BCUT2D eigenvalue weighted by Crippen LogP contribution is -2.30. The average molecular weight is 420 g/mol. The van der Waals surface area contributed by atoms with E-state index in [1.807, 2.05) is 0 Å². The fourth-order valence-corrected chi connectivity index (χ4v) is 3.22. The highest BCUT2D eigenvalue weighted by atomic mass is 19.1. The van der Waals surface area contributed by atoms with Crippen LogP contribution in [0.25, 0.3) is 17.4 Å². The van der Waals surface area contributed by atoms with Crippen LogP contribution in [-0.2, 0) is 16.1 Å². The van der Waals surface area contributed by atoms with Gasteiger partial charge in [-0.25, -0.2) is 14.0 Å². The van der Waals surface area contributed by atoms with Crippen molar-refractivity contribution in [2.75, 3.05) is 7.11 Å². The standard InChI is InChI=1S/C23H17FN2O5/c1-30-22(28)17-8-4-3-7-16(17)20-11-10-15(31-20)12-19-21(27)26(23(29)25-19)13-14-6-2-5-9-18(14)24/h2-12H,13H2,1H3,(H,25,29). The third kappa shape index (κ3) is 3.95. The van der Waals surface area contributed by atoms with Gasteiger partial charge in [-0.2, -0.15) is 0 Å². The Morgan fingerprint density at radius 3 is 2.61 bits per heavy atom. The van der Waals surface area contributed by atoms with Gasteiger partial charge in [-0.3, -0.25) is 9.69 Å². The SMILES string of the molecule is COC(=O)c1ccccc1-c1ccc(C=C2NC(=O)N(Cc3ccccc3F)C2=O)o1. The number of hydrogen-bond acceptors (Lipinski definition) is 5. The second-order valence-electron chi connectivity index (χ2n) is 6.71. The van der Waals surface area contributed by atoms with E-state index in [9.17, 15) is 18.8 Å². The van der Waals surface area contributed by atoms with E-state index in [4.69, 9.17) is 9.15 Å². The summed E-state index contributed by atoms with van der Waals surface area (Å²) in [6.07, 6.45) is 1.38. The third-order valence-electron chi connectivity index (χ3n) is 4.76. The molecule has 0 radical (unpaired) electrons. The lowest BCUT2D eigenvalue weighted by molar-refractivity contribution is -0.123. The maximum atomic E-state index is 13.9. The van der Waals surface area contributed by atoms with E-state index in [1.54, 1.807) is 42.5 Å². The molecule has 1 aliphatic heterocycles. The Hall–Kier alpha value is -4.20. The van der Waals surface area contributed by atoms with E-state index >= 15 is 0 Å². The first-order valence-corrected chi connectivity index (χ1v) is 9.33. The Labute approximate surface area is 176 Å². The number of nitrogens with zero attached hydrogens (tertiary/aromatic N) is 1. The molecule has 2 aromatic carbocycles. The van der Waals surface area contributed by atoms with Crippen molar-refractivity contribution in [2.24, 2.45) is 0 Å². The van der Waals surface area contributed by atoms with Crippen LogP contribution in [0.1, 0.15) is 21.7 Å². The van der Waals surface area contributed by atoms with Gasteiger partial charge < -0.3 is 14.5 Å². The molecule has 8 heteroatoms. The molecule has 0 saturated carbocycles. The number of urea groups is 1. The van der Waals surface area contributed by atoms with Gasteiger partial charge in [0.25, 0.3) is 5.91 Å². The van der Waals surface area contributed by atoms with Crippen molar-refractivity contribution >= 4 is 24.0 Å². The van der Waals surface area contributed by atoms with Crippen LogP contribution in [0.2, 0.25) is 0 Å². The highest BCUT2D eigenvalue weighted by Gasteiger charge is 2.34. The van der Waals surface area contributed by atoms with Gasteiger partial charge in [-0.05, 0) is 24.3 Å². The van der Waals surface area contributed by atoms with Crippen LogP contribution < -0.4 is 5.32 Å². The van der Waals surface area contributed by atoms with Gasteiger partial charge in [0.15, 0.2) is 0 Å². The number of amides is 3. The quantitative estimate of drug-likeness (QED) is 0.383. The predicted molar refractivity (Wildman–Crippen MR) is 109 cm³/mol. The van der Waals surface area contributed by atoms with E-state index in [0.29, 0.717) is 22.6 Å². The van der Waals surface area contributed by atoms with Crippen LogP contribution in [0, 0.1) is 5.82 Å². The van der Waals surface area contributed by atoms with Crippen molar-refractivity contribution in [2.45, 2.75) is 6.54 Å². The predicted octanol–water partition coefficient (Wildman–Crippen LogP) is 3.97. The highest BCUT2D eigenvalue weighted by Crippen LogP contribution is 2.28. The first-order chi connectivity index (χ1) is 15.0. The molecule has 0 unspecified atom stereocenters. The summed E-state index contributed by atoms with van der Waals surface area (Å²) in [6, 6.07) is 15.3. The smallest absolute Gasteiger partial charge is 0.338 e. The van der Waals surface area contributed by atoms with Gasteiger partial charge in [0.1, 0.15) is 23.0 Å². The first-order valence-electron chi connectivity index (χ1n) is 9.33. The third-order valence-corrected chi connectivity index (χ3v) is 4.76. The van der Waals surface area contributed by atoms with E-state index < -0.39 is 23.7 Å². The van der Waals surface area contributed by atoms with Crippen LogP contribution in [0.15, 0.2) is 70.8 Å². The van der Waals surface area contributed by atoms with Gasteiger partial charge >= 0.3 is 12.0 Å². The van der Waals surface area contributed by atoms with Crippen molar-refractivity contribution in [3.05, 3.63) is 89.1 Å². The van der Waals surface area contributed by atoms with Crippen molar-refractivity contribution in [1.82, 2.24) is 10.2 Å². The number of nitrogens with one attached hydrogen (secondary N) is 1. The molecule has 3 amide bonds. The summed E-state index contributed by atoms with van der Waals surface area (Å²) in [4.78, 5) is 37.8. The Kier molecular flexibility index (Phi) is 5.36. The summed E-state index contributed by atoms with van der Waals surface area (Å²) in [6.45, 7) is -0.190. The second-order valence-corrected chi connectivity index (χ2v) is 6.71. The molecule has 7 nitrogen and oxygen atoms in total. The van der Waals surface area contributed by atoms with E-state index in [1.165, 1.54) is 31.4 Å². The molecule has 1 aliphatic rings. The molecule has 31 heavy (non-hydrogen) atoms. The lowest BCUT2D eigenvalue weighted by Gasteiger charge is -2.12. The Balaban J connectivity index is 1.58. The monoisotopic (exact) mass is 420 g/mol. The molecule has 1 aromatic heterocycles. The summed E-state index contributed by atoms with van der Waals surface area (Å²) in [7, 11) is 1.29. The Morgan fingerprint density at radius 1 is 1.10 bits per heavy atom. The Morgan fingerprint density at radius 2 is 1.84 bits per heavy atom. The van der Waals surface area contributed by atoms with Crippen LogP contribution >= 0.6 is 0 Å². The number of carbonyl (C=O) groups is 3. The van der Waals surface area contributed by atoms with Gasteiger partial charge in [0.2, 0.25) is 0 Å². The molecule has 1 saturated heterocycles. The molecule has 4 rings (SSSR count). The molecule has 1 fully saturated rings. The fraction of sp³-hybridized carbons (Fsp3) is 0.0870. The molecule has 3 aromatic rings. The fourth-order valence-electron chi connectivity index (χ4n) is 3.22. The minimum absolute atomic E-state index is 0.00323. The zero-order chi connectivity index (χ0) is 22.0. The second kappa shape index (κ2) is 8.27. The highest BCUT2D eigenvalue weighted by molar-refractivity contribution is 6.13. The number of carbonyl (C=O) groups excluding carboxylic acids is 3. The summed E-state index contributed by atoms with van der Waals surface area (Å²) in [5.41, 5.74) is 1.09. The number of halogens is 1. The maximum Gasteiger partial charge on any atom is 0.338 e. The molecule has 1 N–H and O–H groups in total. The number of benzene rings is 2. The number of hydrogen-bond donors (Lipinski definition) is 1. The zero-order valence-corrected chi connectivity index (χ0v) is 16.4. The molecule has 0 bridgehead atoms. The molecule has 0 atom stereocenters.